The van der Waals surface area contributed by atoms with E-state index in [0.717, 1.165) is 25.2 Å². The molecule has 100 valence electrons. The maximum absolute atomic E-state index is 12.1. The van der Waals surface area contributed by atoms with Crippen LogP contribution in [-0.4, -0.2) is 24.9 Å². The zero-order valence-corrected chi connectivity index (χ0v) is 10.7. The molecular weight excluding hydrogens is 242 g/mol. The van der Waals surface area contributed by atoms with Gasteiger partial charge in [0, 0.05) is 25.2 Å². The van der Waals surface area contributed by atoms with Crippen LogP contribution in [0.4, 0.5) is 5.69 Å². The van der Waals surface area contributed by atoms with Crippen molar-refractivity contribution in [2.75, 3.05) is 18.4 Å². The summed E-state index contributed by atoms with van der Waals surface area (Å²) >= 11 is 0. The summed E-state index contributed by atoms with van der Waals surface area (Å²) in [5, 5.41) is 8.96. The third kappa shape index (κ3) is 2.46. The van der Waals surface area contributed by atoms with Gasteiger partial charge in [-0.05, 0) is 30.2 Å². The lowest BCUT2D eigenvalue weighted by Crippen LogP contribution is -2.28. The quantitative estimate of drug-likeness (QED) is 0.720. The molecule has 3 N–H and O–H groups in total. The molecule has 1 unspecified atom stereocenters. The molecular formula is C14H17N3O2. The SMILES string of the molecule is O=C1CC(C(=O)Nc2cccc3c2CNCC3)CN1. The molecule has 1 atom stereocenters. The number of fused-ring (bicyclic) bond motifs is 1. The molecule has 19 heavy (non-hydrogen) atoms. The van der Waals surface area contributed by atoms with Gasteiger partial charge in [0.1, 0.15) is 0 Å². The highest BCUT2D eigenvalue weighted by atomic mass is 16.2. The van der Waals surface area contributed by atoms with Gasteiger partial charge >= 0.3 is 0 Å². The van der Waals surface area contributed by atoms with Gasteiger partial charge in [0.2, 0.25) is 11.8 Å². The molecule has 5 heteroatoms. The van der Waals surface area contributed by atoms with E-state index in [1.54, 1.807) is 0 Å². The van der Waals surface area contributed by atoms with Crippen molar-refractivity contribution >= 4 is 17.5 Å². The molecule has 2 amide bonds. The van der Waals surface area contributed by atoms with Crippen LogP contribution in [0.3, 0.4) is 0 Å². The van der Waals surface area contributed by atoms with E-state index in [2.05, 4.69) is 22.0 Å². The van der Waals surface area contributed by atoms with Gasteiger partial charge in [-0.25, -0.2) is 0 Å². The van der Waals surface area contributed by atoms with Crippen molar-refractivity contribution in [3.63, 3.8) is 0 Å². The Labute approximate surface area is 111 Å². The van der Waals surface area contributed by atoms with Crippen LogP contribution in [0.1, 0.15) is 17.5 Å². The molecule has 1 fully saturated rings. The molecule has 2 heterocycles. The average molecular weight is 259 g/mol. The van der Waals surface area contributed by atoms with Crippen LogP contribution in [0, 0.1) is 5.92 Å². The number of hydrogen-bond acceptors (Lipinski definition) is 3. The first kappa shape index (κ1) is 12.2. The highest BCUT2D eigenvalue weighted by Crippen LogP contribution is 2.24. The first-order valence-electron chi connectivity index (χ1n) is 6.63. The minimum absolute atomic E-state index is 0.0445. The topological polar surface area (TPSA) is 70.2 Å². The van der Waals surface area contributed by atoms with Crippen molar-refractivity contribution in [2.45, 2.75) is 19.4 Å². The van der Waals surface area contributed by atoms with Crippen molar-refractivity contribution in [1.29, 1.82) is 0 Å². The average Bonchev–Trinajstić information content (AvgIpc) is 2.86. The maximum atomic E-state index is 12.1. The number of rotatable bonds is 2. The lowest BCUT2D eigenvalue weighted by atomic mass is 9.98. The number of carbonyl (C=O) groups excluding carboxylic acids is 2. The van der Waals surface area contributed by atoms with E-state index in [-0.39, 0.29) is 17.7 Å². The van der Waals surface area contributed by atoms with Crippen molar-refractivity contribution in [2.24, 2.45) is 5.92 Å². The molecule has 0 saturated carbocycles. The van der Waals surface area contributed by atoms with Crippen molar-refractivity contribution in [3.8, 4) is 0 Å². The number of amides is 2. The van der Waals surface area contributed by atoms with Crippen LogP contribution in [0.15, 0.2) is 18.2 Å². The van der Waals surface area contributed by atoms with Crippen molar-refractivity contribution < 1.29 is 9.59 Å². The van der Waals surface area contributed by atoms with Crippen molar-refractivity contribution in [1.82, 2.24) is 10.6 Å². The Morgan fingerprint density at radius 1 is 1.37 bits per heavy atom. The predicted molar refractivity (Wildman–Crippen MR) is 71.6 cm³/mol. The summed E-state index contributed by atoms with van der Waals surface area (Å²) in [5.41, 5.74) is 3.32. The second kappa shape index (κ2) is 5.01. The number of hydrogen-bond donors (Lipinski definition) is 3. The van der Waals surface area contributed by atoms with Gasteiger partial charge < -0.3 is 16.0 Å². The monoisotopic (exact) mass is 259 g/mol. The first-order chi connectivity index (χ1) is 9.24. The van der Waals surface area contributed by atoms with Gasteiger partial charge in [-0.15, -0.1) is 0 Å². The molecule has 0 radical (unpaired) electrons. The largest absolute Gasteiger partial charge is 0.355 e. The lowest BCUT2D eigenvalue weighted by Gasteiger charge is -2.21. The van der Waals surface area contributed by atoms with Crippen LogP contribution in [0.2, 0.25) is 0 Å². The normalized spacial score (nSPS) is 21.7. The van der Waals surface area contributed by atoms with Gasteiger partial charge in [0.25, 0.3) is 0 Å². The lowest BCUT2D eigenvalue weighted by molar-refractivity contribution is -0.123. The summed E-state index contributed by atoms with van der Waals surface area (Å²) in [7, 11) is 0. The standard InChI is InChI=1S/C14H17N3O2/c18-13-6-10(7-16-13)14(19)17-12-3-1-2-9-4-5-15-8-11(9)12/h1-3,10,15H,4-8H2,(H,16,18)(H,17,19). The smallest absolute Gasteiger partial charge is 0.229 e. The third-order valence-corrected chi connectivity index (χ3v) is 3.75. The second-order valence-electron chi connectivity index (χ2n) is 5.06. The summed E-state index contributed by atoms with van der Waals surface area (Å²) in [5.74, 6) is -0.367. The summed E-state index contributed by atoms with van der Waals surface area (Å²) in [4.78, 5) is 23.3. The highest BCUT2D eigenvalue weighted by Gasteiger charge is 2.28. The molecule has 0 bridgehead atoms. The van der Waals surface area contributed by atoms with E-state index >= 15 is 0 Å². The van der Waals surface area contributed by atoms with Gasteiger partial charge in [0.05, 0.1) is 5.92 Å². The fraction of sp³-hybridized carbons (Fsp3) is 0.429. The third-order valence-electron chi connectivity index (χ3n) is 3.75. The van der Waals surface area contributed by atoms with E-state index < -0.39 is 0 Å². The molecule has 3 rings (SSSR count). The molecule has 0 spiro atoms. The minimum Gasteiger partial charge on any atom is -0.355 e. The van der Waals surface area contributed by atoms with Crippen molar-refractivity contribution in [3.05, 3.63) is 29.3 Å². The Morgan fingerprint density at radius 2 is 2.26 bits per heavy atom. The molecule has 0 aromatic heterocycles. The van der Waals surface area contributed by atoms with Crippen LogP contribution in [0.5, 0.6) is 0 Å². The summed E-state index contributed by atoms with van der Waals surface area (Å²) in [6.45, 7) is 2.21. The molecule has 0 aliphatic carbocycles. The van der Waals surface area contributed by atoms with Crippen LogP contribution in [-0.2, 0) is 22.6 Å². The molecule has 1 aromatic rings. The van der Waals surface area contributed by atoms with Crippen LogP contribution in [0.25, 0.3) is 0 Å². The number of benzene rings is 1. The Morgan fingerprint density at radius 3 is 3.05 bits per heavy atom. The highest BCUT2D eigenvalue weighted by molar-refractivity contribution is 5.97. The molecule has 2 aliphatic rings. The number of carbonyl (C=O) groups is 2. The predicted octanol–water partition coefficient (Wildman–Crippen LogP) is 0.407. The number of anilines is 1. The van der Waals surface area contributed by atoms with Crippen LogP contribution >= 0.6 is 0 Å². The zero-order chi connectivity index (χ0) is 13.2. The Kier molecular flexibility index (Phi) is 3.21. The second-order valence-corrected chi connectivity index (χ2v) is 5.06. The number of nitrogens with one attached hydrogen (secondary N) is 3. The minimum atomic E-state index is -0.250. The fourth-order valence-corrected chi connectivity index (χ4v) is 2.66. The molecule has 2 aliphatic heterocycles. The van der Waals surface area contributed by atoms with E-state index in [4.69, 9.17) is 0 Å². The molecule has 1 saturated heterocycles. The molecule has 1 aromatic carbocycles. The van der Waals surface area contributed by atoms with Gasteiger partial charge in [0.15, 0.2) is 0 Å². The Hall–Kier alpha value is -1.88. The summed E-state index contributed by atoms with van der Waals surface area (Å²) < 4.78 is 0. The van der Waals surface area contributed by atoms with E-state index in [0.29, 0.717) is 13.0 Å². The van der Waals surface area contributed by atoms with E-state index in [1.165, 1.54) is 11.1 Å². The fourth-order valence-electron chi connectivity index (χ4n) is 2.66. The Bertz CT molecular complexity index is 527. The van der Waals surface area contributed by atoms with Crippen LogP contribution < -0.4 is 16.0 Å². The van der Waals surface area contributed by atoms with Gasteiger partial charge in [-0.3, -0.25) is 9.59 Å². The van der Waals surface area contributed by atoms with Gasteiger partial charge in [-0.2, -0.15) is 0 Å². The Balaban J connectivity index is 1.76. The van der Waals surface area contributed by atoms with Gasteiger partial charge in [-0.1, -0.05) is 12.1 Å². The van der Waals surface area contributed by atoms with E-state index in [1.807, 2.05) is 12.1 Å². The molecule has 5 nitrogen and oxygen atoms in total. The summed E-state index contributed by atoms with van der Waals surface area (Å²) in [6, 6.07) is 6.00. The zero-order valence-electron chi connectivity index (χ0n) is 10.7. The summed E-state index contributed by atoms with van der Waals surface area (Å²) in [6.07, 6.45) is 1.28. The first-order valence-corrected chi connectivity index (χ1v) is 6.63. The maximum Gasteiger partial charge on any atom is 0.229 e. The van der Waals surface area contributed by atoms with E-state index in [9.17, 15) is 9.59 Å².